The molecule has 0 spiro atoms. The van der Waals surface area contributed by atoms with E-state index >= 15 is 0 Å². The maximum Gasteiger partial charge on any atom is 0.240 e. The molecule has 0 radical (unpaired) electrons. The summed E-state index contributed by atoms with van der Waals surface area (Å²) in [6.07, 6.45) is 5.04. The molecule has 2 fully saturated rings. The number of halogens is 2. The molecular weight excluding hydrogens is 568 g/mol. The molecule has 8 heteroatoms. The lowest BCUT2D eigenvalue weighted by atomic mass is 9.85. The number of anilines is 1. The van der Waals surface area contributed by atoms with Gasteiger partial charge in [-0.25, -0.2) is 4.90 Å². The molecule has 188 valence electrons. The molecule has 0 aliphatic carbocycles. The van der Waals surface area contributed by atoms with E-state index in [1.54, 1.807) is 96.0 Å². The Morgan fingerprint density at radius 1 is 0.816 bits per heavy atom. The number of allylic oxidation sites excluding steroid dienone is 2. The number of hydrogen-bond donors (Lipinski definition) is 0. The second-order valence-electron chi connectivity index (χ2n) is 9.43. The van der Waals surface area contributed by atoms with Crippen molar-refractivity contribution < 1.29 is 19.2 Å². The highest BCUT2D eigenvalue weighted by Gasteiger charge is 2.63. The number of carbonyl (C=O) groups excluding carboxylic acids is 4. The third-order valence-corrected chi connectivity index (χ3v) is 8.07. The molecule has 4 unspecified atom stereocenters. The lowest BCUT2D eigenvalue weighted by molar-refractivity contribution is -0.123. The van der Waals surface area contributed by atoms with Gasteiger partial charge < -0.3 is 4.90 Å². The second kappa shape index (κ2) is 9.49. The quantitative estimate of drug-likeness (QED) is 0.292. The maximum atomic E-state index is 13.9. The summed E-state index contributed by atoms with van der Waals surface area (Å²) in [7, 11) is 0. The first-order chi connectivity index (χ1) is 18.3. The molecular formula is C30H20BrClN2O4. The first-order valence-corrected chi connectivity index (χ1v) is 13.2. The molecule has 4 atom stereocenters. The van der Waals surface area contributed by atoms with Gasteiger partial charge in [0.05, 0.1) is 23.6 Å². The molecule has 3 aliphatic rings. The van der Waals surface area contributed by atoms with Crippen LogP contribution < -0.4 is 4.90 Å². The third-order valence-electron chi connectivity index (χ3n) is 7.31. The number of hydrogen-bond acceptors (Lipinski definition) is 5. The summed E-state index contributed by atoms with van der Waals surface area (Å²) in [5, 5.41) is 0.389. The van der Waals surface area contributed by atoms with Gasteiger partial charge in [0.25, 0.3) is 0 Å². The van der Waals surface area contributed by atoms with E-state index in [4.69, 9.17) is 11.6 Å². The minimum atomic E-state index is -0.922. The van der Waals surface area contributed by atoms with E-state index in [0.29, 0.717) is 27.4 Å². The summed E-state index contributed by atoms with van der Waals surface area (Å²) in [5.74, 6) is -3.08. The number of rotatable bonds is 5. The summed E-state index contributed by atoms with van der Waals surface area (Å²) >= 11 is 9.55. The smallest absolute Gasteiger partial charge is 0.240 e. The molecule has 0 aromatic heterocycles. The molecule has 3 heterocycles. The van der Waals surface area contributed by atoms with Gasteiger partial charge in [-0.2, -0.15) is 0 Å². The van der Waals surface area contributed by atoms with Crippen molar-refractivity contribution in [2.75, 3.05) is 4.90 Å². The largest absolute Gasteiger partial charge is 0.359 e. The van der Waals surface area contributed by atoms with Crippen LogP contribution in [0, 0.1) is 11.8 Å². The van der Waals surface area contributed by atoms with Crippen molar-refractivity contribution in [1.82, 2.24) is 4.90 Å². The molecule has 38 heavy (non-hydrogen) atoms. The normalized spacial score (nSPS) is 23.8. The standard InChI is InChI=1S/C30H20BrClN2O4/c31-20-11-9-18(10-12-20)28(36)26-25-24(29(37)34(30(25)38)22-8-4-7-21(32)16-22)23-15-19(13-14-33(23)26)27(35)17-5-2-1-3-6-17/h1-16,23-26H. The molecule has 3 aromatic rings. The van der Waals surface area contributed by atoms with Crippen LogP contribution in [-0.4, -0.2) is 40.4 Å². The van der Waals surface area contributed by atoms with Crippen LogP contribution in [0.4, 0.5) is 5.69 Å². The highest BCUT2D eigenvalue weighted by molar-refractivity contribution is 9.10. The van der Waals surface area contributed by atoms with Crippen molar-refractivity contribution >= 4 is 56.6 Å². The highest BCUT2D eigenvalue weighted by atomic mass is 79.9. The molecule has 0 N–H and O–H groups in total. The predicted octanol–water partition coefficient (Wildman–Crippen LogP) is 5.48. The first-order valence-electron chi connectivity index (χ1n) is 12.1. The first kappa shape index (κ1) is 24.5. The van der Waals surface area contributed by atoms with Gasteiger partial charge in [0.15, 0.2) is 11.6 Å². The van der Waals surface area contributed by atoms with Crippen LogP contribution in [0.15, 0.2) is 107 Å². The van der Waals surface area contributed by atoms with E-state index in [9.17, 15) is 19.2 Å². The van der Waals surface area contributed by atoms with Crippen LogP contribution in [0.1, 0.15) is 20.7 Å². The van der Waals surface area contributed by atoms with E-state index < -0.39 is 35.7 Å². The number of carbonyl (C=O) groups is 4. The van der Waals surface area contributed by atoms with Crippen LogP contribution in [0.2, 0.25) is 5.02 Å². The Hall–Kier alpha value is -3.81. The SMILES string of the molecule is O=C(C1=CC2C3C(=O)N(c4cccc(Cl)c4)C(=O)C3C(C(=O)c3ccc(Br)cc3)N2C=C1)c1ccccc1. The Balaban J connectivity index is 1.44. The van der Waals surface area contributed by atoms with Crippen LogP contribution in [0.3, 0.4) is 0 Å². The van der Waals surface area contributed by atoms with Crippen molar-refractivity contribution in [2.24, 2.45) is 11.8 Å². The van der Waals surface area contributed by atoms with E-state index in [1.165, 1.54) is 0 Å². The Morgan fingerprint density at radius 2 is 1.53 bits per heavy atom. The predicted molar refractivity (Wildman–Crippen MR) is 147 cm³/mol. The maximum absolute atomic E-state index is 13.9. The Morgan fingerprint density at radius 3 is 2.24 bits per heavy atom. The number of Topliss-reactive ketones (excluding diaryl/α,β-unsaturated/α-hetero) is 2. The van der Waals surface area contributed by atoms with Gasteiger partial charge in [0, 0.05) is 32.4 Å². The van der Waals surface area contributed by atoms with E-state index in [1.807, 2.05) is 6.07 Å². The second-order valence-corrected chi connectivity index (χ2v) is 10.8. The Kier molecular flexibility index (Phi) is 6.13. The van der Waals surface area contributed by atoms with Crippen molar-refractivity contribution in [1.29, 1.82) is 0 Å². The lowest BCUT2D eigenvalue weighted by Gasteiger charge is -2.32. The van der Waals surface area contributed by atoms with Gasteiger partial charge in [0.1, 0.15) is 6.04 Å². The van der Waals surface area contributed by atoms with Crippen molar-refractivity contribution in [2.45, 2.75) is 12.1 Å². The van der Waals surface area contributed by atoms with Crippen LogP contribution >= 0.6 is 27.5 Å². The average molecular weight is 588 g/mol. The fourth-order valence-electron chi connectivity index (χ4n) is 5.61. The number of benzene rings is 3. The van der Waals surface area contributed by atoms with Gasteiger partial charge in [-0.15, -0.1) is 0 Å². The minimum absolute atomic E-state index is 0.191. The molecule has 3 aliphatic heterocycles. The number of amides is 2. The summed E-state index contributed by atoms with van der Waals surface area (Å²) < 4.78 is 0.820. The zero-order valence-corrected chi connectivity index (χ0v) is 22.2. The van der Waals surface area contributed by atoms with Crippen molar-refractivity contribution in [3.05, 3.63) is 123 Å². The summed E-state index contributed by atoms with van der Waals surface area (Å²) in [6.45, 7) is 0. The van der Waals surface area contributed by atoms with E-state index in [-0.39, 0.29) is 11.6 Å². The van der Waals surface area contributed by atoms with E-state index in [0.717, 1.165) is 9.37 Å². The Bertz CT molecular complexity index is 1550. The topological polar surface area (TPSA) is 74.8 Å². The van der Waals surface area contributed by atoms with Gasteiger partial charge in [-0.3, -0.25) is 19.2 Å². The van der Waals surface area contributed by atoms with E-state index in [2.05, 4.69) is 15.9 Å². The number of nitrogens with zero attached hydrogens (tertiary/aromatic N) is 2. The highest BCUT2D eigenvalue weighted by Crippen LogP contribution is 2.47. The van der Waals surface area contributed by atoms with Gasteiger partial charge >= 0.3 is 0 Å². The molecule has 3 aromatic carbocycles. The van der Waals surface area contributed by atoms with Crippen molar-refractivity contribution in [3.8, 4) is 0 Å². The Labute approximate surface area is 232 Å². The third kappa shape index (κ3) is 3.94. The van der Waals surface area contributed by atoms with Gasteiger partial charge in [-0.1, -0.05) is 82.1 Å². The fourth-order valence-corrected chi connectivity index (χ4v) is 6.06. The summed E-state index contributed by atoms with van der Waals surface area (Å²) in [4.78, 5) is 57.7. The zero-order valence-electron chi connectivity index (χ0n) is 19.8. The van der Waals surface area contributed by atoms with Crippen LogP contribution in [0.5, 0.6) is 0 Å². The molecule has 0 saturated carbocycles. The van der Waals surface area contributed by atoms with Crippen LogP contribution in [0.25, 0.3) is 0 Å². The number of fused-ring (bicyclic) bond motifs is 3. The number of ketones is 2. The molecule has 6 rings (SSSR count). The molecule has 0 bridgehead atoms. The van der Waals surface area contributed by atoms with Gasteiger partial charge in [-0.05, 0) is 36.4 Å². The monoisotopic (exact) mass is 586 g/mol. The molecule has 6 nitrogen and oxygen atoms in total. The molecule has 2 amide bonds. The van der Waals surface area contributed by atoms with Crippen molar-refractivity contribution in [3.63, 3.8) is 0 Å². The summed E-state index contributed by atoms with van der Waals surface area (Å²) in [5.41, 5.74) is 1.72. The zero-order chi connectivity index (χ0) is 26.6. The minimum Gasteiger partial charge on any atom is -0.359 e. The fraction of sp³-hybridized carbons (Fsp3) is 0.133. The lowest BCUT2D eigenvalue weighted by Crippen LogP contribution is -2.46. The van der Waals surface area contributed by atoms with Gasteiger partial charge in [0.2, 0.25) is 11.8 Å². The number of imide groups is 1. The summed E-state index contributed by atoms with van der Waals surface area (Å²) in [6, 6.07) is 20.8. The average Bonchev–Trinajstić information content (AvgIpc) is 3.40. The molecule has 2 saturated heterocycles. The van der Waals surface area contributed by atoms with Crippen LogP contribution in [-0.2, 0) is 9.59 Å².